The predicted molar refractivity (Wildman–Crippen MR) is 229 cm³/mol. The van der Waals surface area contributed by atoms with E-state index in [9.17, 15) is 0 Å². The first-order valence-electron chi connectivity index (χ1n) is 18.7. The highest BCUT2D eigenvalue weighted by Crippen LogP contribution is 2.45. The Bertz CT molecular complexity index is 3170. The van der Waals surface area contributed by atoms with Crippen LogP contribution in [0.25, 0.3) is 88.0 Å². The summed E-state index contributed by atoms with van der Waals surface area (Å²) < 4.78 is 13.1. The second kappa shape index (κ2) is 12.6. The highest BCUT2D eigenvalue weighted by molar-refractivity contribution is 6.19. The van der Waals surface area contributed by atoms with E-state index in [0.29, 0.717) is 0 Å². The van der Waals surface area contributed by atoms with E-state index in [1.807, 2.05) is 12.1 Å². The SMILES string of the molecule is c1ccc(-c2ccc(-c3ccc(N(c4ccc(-c5cccc6c5oc5ccccc56)cc4)c4cccc5oc6c7ccccc7ccc6c45)cc3)cc2)cc1. The van der Waals surface area contributed by atoms with E-state index in [4.69, 9.17) is 8.83 Å². The van der Waals surface area contributed by atoms with E-state index in [0.717, 1.165) is 88.4 Å². The highest BCUT2D eigenvalue weighted by Gasteiger charge is 2.21. The lowest BCUT2D eigenvalue weighted by atomic mass is 9.99. The number of furan rings is 2. The van der Waals surface area contributed by atoms with Crippen LogP contribution in [-0.4, -0.2) is 0 Å². The number of fused-ring (bicyclic) bond motifs is 8. The first kappa shape index (κ1) is 31.2. The Balaban J connectivity index is 1.04. The molecule has 11 aromatic rings. The van der Waals surface area contributed by atoms with Crippen LogP contribution in [-0.2, 0) is 0 Å². The fourth-order valence-corrected chi connectivity index (χ4v) is 8.20. The van der Waals surface area contributed by atoms with Crippen LogP contribution in [0, 0.1) is 0 Å². The van der Waals surface area contributed by atoms with E-state index >= 15 is 0 Å². The summed E-state index contributed by atoms with van der Waals surface area (Å²) in [6, 6.07) is 70.9. The summed E-state index contributed by atoms with van der Waals surface area (Å²) >= 11 is 0. The van der Waals surface area contributed by atoms with Gasteiger partial charge in [-0.1, -0.05) is 152 Å². The number of hydrogen-bond donors (Lipinski definition) is 0. The van der Waals surface area contributed by atoms with Gasteiger partial charge in [0.05, 0.1) is 11.1 Å². The number of para-hydroxylation sites is 2. The van der Waals surface area contributed by atoms with Gasteiger partial charge in [-0.3, -0.25) is 0 Å². The first-order chi connectivity index (χ1) is 27.3. The van der Waals surface area contributed by atoms with E-state index in [1.165, 1.54) is 16.7 Å². The largest absolute Gasteiger partial charge is 0.455 e. The summed E-state index contributed by atoms with van der Waals surface area (Å²) in [5, 5.41) is 6.71. The van der Waals surface area contributed by atoms with Crippen LogP contribution in [0.15, 0.2) is 209 Å². The molecule has 0 fully saturated rings. The topological polar surface area (TPSA) is 29.5 Å². The number of benzene rings is 9. The first-order valence-corrected chi connectivity index (χ1v) is 18.7. The number of nitrogens with zero attached hydrogens (tertiary/aromatic N) is 1. The minimum absolute atomic E-state index is 0.858. The molecule has 0 radical (unpaired) electrons. The van der Waals surface area contributed by atoms with Crippen molar-refractivity contribution in [3.63, 3.8) is 0 Å². The summed E-state index contributed by atoms with van der Waals surface area (Å²) in [4.78, 5) is 2.35. The Kier molecular flexibility index (Phi) is 7.17. The van der Waals surface area contributed by atoms with E-state index in [-0.39, 0.29) is 0 Å². The van der Waals surface area contributed by atoms with Gasteiger partial charge in [-0.15, -0.1) is 0 Å². The second-order valence-corrected chi connectivity index (χ2v) is 14.1. The maximum absolute atomic E-state index is 6.65. The van der Waals surface area contributed by atoms with Crippen molar-refractivity contribution in [1.29, 1.82) is 0 Å². The van der Waals surface area contributed by atoms with Crippen molar-refractivity contribution in [3.05, 3.63) is 200 Å². The minimum atomic E-state index is 0.858. The Morgan fingerprint density at radius 3 is 1.60 bits per heavy atom. The molecule has 0 aliphatic heterocycles. The molecular formula is C52H33NO2. The number of hydrogen-bond acceptors (Lipinski definition) is 3. The van der Waals surface area contributed by atoms with Gasteiger partial charge in [0, 0.05) is 38.5 Å². The van der Waals surface area contributed by atoms with E-state index in [1.54, 1.807) is 0 Å². The molecule has 0 bridgehead atoms. The summed E-state index contributed by atoms with van der Waals surface area (Å²) in [5.41, 5.74) is 13.7. The molecule has 0 saturated heterocycles. The average molecular weight is 704 g/mol. The van der Waals surface area contributed by atoms with Gasteiger partial charge in [0.25, 0.3) is 0 Å². The fourth-order valence-electron chi connectivity index (χ4n) is 8.20. The van der Waals surface area contributed by atoms with Crippen molar-refractivity contribution >= 4 is 71.7 Å². The maximum atomic E-state index is 6.65. The van der Waals surface area contributed by atoms with Crippen molar-refractivity contribution in [2.24, 2.45) is 0 Å². The van der Waals surface area contributed by atoms with Crippen molar-refractivity contribution in [2.75, 3.05) is 4.90 Å². The van der Waals surface area contributed by atoms with Gasteiger partial charge in [-0.25, -0.2) is 0 Å². The number of anilines is 3. The second-order valence-electron chi connectivity index (χ2n) is 14.1. The van der Waals surface area contributed by atoms with Gasteiger partial charge in [-0.2, -0.15) is 0 Å². The van der Waals surface area contributed by atoms with Crippen LogP contribution >= 0.6 is 0 Å². The zero-order valence-electron chi connectivity index (χ0n) is 29.8. The molecule has 0 aliphatic rings. The Hall–Kier alpha value is -7.36. The molecule has 2 aromatic heterocycles. The van der Waals surface area contributed by atoms with E-state index in [2.05, 4.69) is 193 Å². The van der Waals surface area contributed by atoms with Crippen LogP contribution in [0.3, 0.4) is 0 Å². The minimum Gasteiger partial charge on any atom is -0.455 e. The van der Waals surface area contributed by atoms with Crippen LogP contribution in [0.2, 0.25) is 0 Å². The molecule has 11 rings (SSSR count). The third-order valence-electron chi connectivity index (χ3n) is 10.9. The van der Waals surface area contributed by atoms with Crippen molar-refractivity contribution in [3.8, 4) is 33.4 Å². The van der Waals surface area contributed by atoms with Crippen LogP contribution in [0.4, 0.5) is 17.1 Å². The zero-order chi connectivity index (χ0) is 36.3. The Morgan fingerprint density at radius 2 is 0.855 bits per heavy atom. The third-order valence-corrected chi connectivity index (χ3v) is 10.9. The molecule has 0 aliphatic carbocycles. The summed E-state index contributed by atoms with van der Waals surface area (Å²) in [6.07, 6.45) is 0. The molecule has 0 unspecified atom stereocenters. The van der Waals surface area contributed by atoms with Gasteiger partial charge >= 0.3 is 0 Å². The monoisotopic (exact) mass is 703 g/mol. The van der Waals surface area contributed by atoms with Crippen LogP contribution in [0.1, 0.15) is 0 Å². The third kappa shape index (κ3) is 5.20. The predicted octanol–water partition coefficient (Wildman–Crippen LogP) is 15.1. The molecule has 0 atom stereocenters. The van der Waals surface area contributed by atoms with Gasteiger partial charge in [0.15, 0.2) is 0 Å². The van der Waals surface area contributed by atoms with Crippen LogP contribution < -0.4 is 4.90 Å². The molecule has 0 N–H and O–H groups in total. The lowest BCUT2D eigenvalue weighted by Crippen LogP contribution is -2.10. The molecule has 3 heteroatoms. The summed E-state index contributed by atoms with van der Waals surface area (Å²) in [7, 11) is 0. The van der Waals surface area contributed by atoms with E-state index < -0.39 is 0 Å². The smallest absolute Gasteiger partial charge is 0.143 e. The molecule has 3 nitrogen and oxygen atoms in total. The van der Waals surface area contributed by atoms with Crippen molar-refractivity contribution < 1.29 is 8.83 Å². The lowest BCUT2D eigenvalue weighted by molar-refractivity contribution is 0.670. The average Bonchev–Trinajstić information content (AvgIpc) is 3.84. The molecule has 258 valence electrons. The van der Waals surface area contributed by atoms with Gasteiger partial charge < -0.3 is 13.7 Å². The zero-order valence-corrected chi connectivity index (χ0v) is 29.8. The van der Waals surface area contributed by atoms with Gasteiger partial charge in [-0.05, 0) is 81.7 Å². The lowest BCUT2D eigenvalue weighted by Gasteiger charge is -2.26. The van der Waals surface area contributed by atoms with Crippen molar-refractivity contribution in [1.82, 2.24) is 0 Å². The molecule has 0 amide bonds. The van der Waals surface area contributed by atoms with Crippen molar-refractivity contribution in [2.45, 2.75) is 0 Å². The summed E-state index contributed by atoms with van der Waals surface area (Å²) in [5.74, 6) is 0. The highest BCUT2D eigenvalue weighted by atomic mass is 16.3. The molecule has 2 heterocycles. The molecule has 0 saturated carbocycles. The van der Waals surface area contributed by atoms with Gasteiger partial charge in [0.1, 0.15) is 22.3 Å². The Morgan fingerprint density at radius 1 is 0.309 bits per heavy atom. The standard InChI is InChI=1S/C52H33NO2/c1-2-10-34(11-3-1)35-20-22-36(23-21-35)37-24-29-40(30-25-37)53(47-17-9-19-49-50(47)46-33-28-38-12-4-5-13-42(38)52(46)55-49)41-31-26-39(27-32-41)43-15-8-16-45-44-14-6-7-18-48(44)54-51(43)45/h1-33H. The maximum Gasteiger partial charge on any atom is 0.143 e. The van der Waals surface area contributed by atoms with Gasteiger partial charge in [0.2, 0.25) is 0 Å². The quantitative estimate of drug-likeness (QED) is 0.173. The number of rotatable bonds is 6. The summed E-state index contributed by atoms with van der Waals surface area (Å²) in [6.45, 7) is 0. The van der Waals surface area contributed by atoms with Crippen LogP contribution in [0.5, 0.6) is 0 Å². The molecule has 0 spiro atoms. The fraction of sp³-hybridized carbons (Fsp3) is 0. The normalized spacial score (nSPS) is 11.6. The molecular weight excluding hydrogens is 671 g/mol. The molecule has 9 aromatic carbocycles. The Labute approximate surface area is 317 Å². The molecule has 55 heavy (non-hydrogen) atoms.